The van der Waals surface area contributed by atoms with Crippen LogP contribution in [0.2, 0.25) is 0 Å². The van der Waals surface area contributed by atoms with Crippen LogP contribution in [0, 0.1) is 5.82 Å². The standard InChI is InChI=1S/C34H29F3N4O3/c35-28-9-7-24(8-10-28)30-18-26(23-3-5-25(6-4-23)32(42)41-14-11-34(36,37)12-15-41)16-27-17-29(44-31(27)30)21-40-33(43)39-20-22-2-1-13-38-19-22/h1-10,13,16-19H,11-12,14-15,20-21H2,(H2,39,40,43). The smallest absolute Gasteiger partial charge is 0.315 e. The molecule has 2 N–H and O–H groups in total. The average Bonchev–Trinajstić information content (AvgIpc) is 3.46. The number of halogens is 3. The summed E-state index contributed by atoms with van der Waals surface area (Å²) in [6.07, 6.45) is 2.68. The number of rotatable bonds is 7. The minimum atomic E-state index is -2.72. The molecule has 0 saturated carbocycles. The lowest BCUT2D eigenvalue weighted by atomic mass is 9.96. The second-order valence-corrected chi connectivity index (χ2v) is 10.8. The van der Waals surface area contributed by atoms with E-state index in [1.165, 1.54) is 17.0 Å². The van der Waals surface area contributed by atoms with Crippen molar-refractivity contribution in [1.29, 1.82) is 0 Å². The predicted molar refractivity (Wildman–Crippen MR) is 160 cm³/mol. The highest BCUT2D eigenvalue weighted by Gasteiger charge is 2.35. The Morgan fingerprint density at radius 1 is 0.864 bits per heavy atom. The number of likely N-dealkylation sites (tertiary alicyclic amines) is 1. The number of furan rings is 1. The van der Waals surface area contributed by atoms with Crippen LogP contribution in [0.1, 0.15) is 34.5 Å². The van der Waals surface area contributed by atoms with E-state index in [9.17, 15) is 22.8 Å². The van der Waals surface area contributed by atoms with Crippen molar-refractivity contribution in [2.45, 2.75) is 31.9 Å². The summed E-state index contributed by atoms with van der Waals surface area (Å²) in [5.41, 5.74) is 5.03. The Labute approximate surface area is 251 Å². The molecule has 1 saturated heterocycles. The predicted octanol–water partition coefficient (Wildman–Crippen LogP) is 7.17. The van der Waals surface area contributed by atoms with Gasteiger partial charge in [0.25, 0.3) is 11.8 Å². The van der Waals surface area contributed by atoms with Gasteiger partial charge in [0.1, 0.15) is 17.2 Å². The number of pyridine rings is 1. The lowest BCUT2D eigenvalue weighted by Gasteiger charge is -2.31. The topological polar surface area (TPSA) is 87.5 Å². The second-order valence-electron chi connectivity index (χ2n) is 10.8. The fourth-order valence-corrected chi connectivity index (χ4v) is 5.24. The van der Waals surface area contributed by atoms with E-state index in [-0.39, 0.29) is 50.2 Å². The van der Waals surface area contributed by atoms with Gasteiger partial charge in [-0.15, -0.1) is 0 Å². The fourth-order valence-electron chi connectivity index (χ4n) is 5.24. The van der Waals surface area contributed by atoms with Gasteiger partial charge in [-0.1, -0.05) is 30.3 Å². The van der Waals surface area contributed by atoms with Crippen molar-refractivity contribution in [3.8, 4) is 22.3 Å². The Kier molecular flexibility index (Phi) is 8.06. The Bertz CT molecular complexity index is 1780. The Hall–Kier alpha value is -5.12. The van der Waals surface area contributed by atoms with Crippen LogP contribution in [0.25, 0.3) is 33.2 Å². The zero-order valence-corrected chi connectivity index (χ0v) is 23.7. The summed E-state index contributed by atoms with van der Waals surface area (Å²) in [4.78, 5) is 30.8. The third kappa shape index (κ3) is 6.59. The lowest BCUT2D eigenvalue weighted by molar-refractivity contribution is -0.0494. The van der Waals surface area contributed by atoms with Gasteiger partial charge in [-0.25, -0.2) is 18.0 Å². The highest BCUT2D eigenvalue weighted by Crippen LogP contribution is 2.36. The van der Waals surface area contributed by atoms with E-state index in [1.54, 1.807) is 42.7 Å². The van der Waals surface area contributed by atoms with Crippen molar-refractivity contribution >= 4 is 22.9 Å². The van der Waals surface area contributed by atoms with Gasteiger partial charge in [0, 0.05) is 61.4 Å². The largest absolute Gasteiger partial charge is 0.459 e. The number of benzene rings is 3. The number of carbonyl (C=O) groups is 2. The van der Waals surface area contributed by atoms with Crippen molar-refractivity contribution in [2.75, 3.05) is 13.1 Å². The number of urea groups is 1. The summed E-state index contributed by atoms with van der Waals surface area (Å²) in [7, 11) is 0. The molecule has 224 valence electrons. The van der Waals surface area contributed by atoms with Crippen LogP contribution < -0.4 is 10.6 Å². The summed E-state index contributed by atoms with van der Waals surface area (Å²) in [5, 5.41) is 6.37. The van der Waals surface area contributed by atoms with Crippen LogP contribution >= 0.6 is 0 Å². The summed E-state index contributed by atoms with van der Waals surface area (Å²) < 4.78 is 47.0. The van der Waals surface area contributed by atoms with Crippen LogP contribution in [0.15, 0.2) is 95.7 Å². The third-order valence-electron chi connectivity index (χ3n) is 7.67. The number of amides is 3. The van der Waals surface area contributed by atoms with Crippen LogP contribution in [-0.2, 0) is 13.1 Å². The number of nitrogens with zero attached hydrogens (tertiary/aromatic N) is 2. The molecule has 10 heteroatoms. The van der Waals surface area contributed by atoms with E-state index < -0.39 is 5.92 Å². The molecule has 0 spiro atoms. The number of hydrogen-bond donors (Lipinski definition) is 2. The maximum absolute atomic E-state index is 13.7. The Morgan fingerprint density at radius 2 is 1.57 bits per heavy atom. The highest BCUT2D eigenvalue weighted by atomic mass is 19.3. The van der Waals surface area contributed by atoms with Crippen molar-refractivity contribution in [3.05, 3.63) is 114 Å². The number of piperidine rings is 1. The van der Waals surface area contributed by atoms with Gasteiger partial charge in [0.2, 0.25) is 0 Å². The zero-order chi connectivity index (χ0) is 30.7. The molecule has 7 nitrogen and oxygen atoms in total. The number of carbonyl (C=O) groups excluding carboxylic acids is 2. The minimum Gasteiger partial charge on any atom is -0.459 e. The maximum Gasteiger partial charge on any atom is 0.315 e. The molecule has 1 fully saturated rings. The van der Waals surface area contributed by atoms with E-state index in [2.05, 4.69) is 15.6 Å². The van der Waals surface area contributed by atoms with Crippen LogP contribution in [0.4, 0.5) is 18.0 Å². The summed E-state index contributed by atoms with van der Waals surface area (Å²) in [6, 6.07) is 22.1. The van der Waals surface area contributed by atoms with Gasteiger partial charge in [-0.3, -0.25) is 9.78 Å². The van der Waals surface area contributed by atoms with Gasteiger partial charge >= 0.3 is 6.03 Å². The quantitative estimate of drug-likeness (QED) is 0.208. The summed E-state index contributed by atoms with van der Waals surface area (Å²) in [5.74, 6) is -2.83. The van der Waals surface area contributed by atoms with Crippen molar-refractivity contribution in [3.63, 3.8) is 0 Å². The van der Waals surface area contributed by atoms with E-state index in [1.807, 2.05) is 36.4 Å². The normalized spacial score (nSPS) is 14.4. The first-order chi connectivity index (χ1) is 21.2. The third-order valence-corrected chi connectivity index (χ3v) is 7.67. The zero-order valence-electron chi connectivity index (χ0n) is 23.7. The van der Waals surface area contributed by atoms with Crippen molar-refractivity contribution < 1.29 is 27.2 Å². The van der Waals surface area contributed by atoms with Gasteiger partial charge in [0.15, 0.2) is 0 Å². The molecule has 1 aliphatic heterocycles. The first-order valence-electron chi connectivity index (χ1n) is 14.2. The molecule has 2 aromatic heterocycles. The molecule has 0 atom stereocenters. The first kappa shape index (κ1) is 29.0. The van der Waals surface area contributed by atoms with Crippen LogP contribution in [0.3, 0.4) is 0 Å². The van der Waals surface area contributed by atoms with Gasteiger partial charge in [0.05, 0.1) is 6.54 Å². The molecule has 0 radical (unpaired) electrons. The van der Waals surface area contributed by atoms with Gasteiger partial charge in [-0.2, -0.15) is 0 Å². The van der Waals surface area contributed by atoms with Gasteiger partial charge < -0.3 is 20.0 Å². The number of alkyl halides is 2. The molecular weight excluding hydrogens is 569 g/mol. The molecular formula is C34H29F3N4O3. The lowest BCUT2D eigenvalue weighted by Crippen LogP contribution is -2.42. The monoisotopic (exact) mass is 598 g/mol. The number of aromatic nitrogens is 1. The van der Waals surface area contributed by atoms with Crippen molar-refractivity contribution in [1.82, 2.24) is 20.5 Å². The Balaban J connectivity index is 1.23. The molecule has 3 heterocycles. The SMILES string of the molecule is O=C(NCc1cccnc1)NCc1cc2cc(-c3ccc(C(=O)N4CCC(F)(F)CC4)cc3)cc(-c3ccc(F)cc3)c2o1. The van der Waals surface area contributed by atoms with E-state index in [0.29, 0.717) is 23.5 Å². The summed E-state index contributed by atoms with van der Waals surface area (Å²) in [6.45, 7) is 0.519. The minimum absolute atomic E-state index is 0.0229. The van der Waals surface area contributed by atoms with E-state index in [0.717, 1.165) is 33.2 Å². The molecule has 44 heavy (non-hydrogen) atoms. The number of fused-ring (bicyclic) bond motifs is 1. The highest BCUT2D eigenvalue weighted by molar-refractivity contribution is 5.98. The van der Waals surface area contributed by atoms with Gasteiger partial charge in [-0.05, 0) is 70.8 Å². The van der Waals surface area contributed by atoms with E-state index in [4.69, 9.17) is 4.42 Å². The molecule has 0 aliphatic carbocycles. The molecule has 3 aromatic carbocycles. The van der Waals surface area contributed by atoms with E-state index >= 15 is 0 Å². The Morgan fingerprint density at radius 3 is 2.27 bits per heavy atom. The summed E-state index contributed by atoms with van der Waals surface area (Å²) >= 11 is 0. The second kappa shape index (κ2) is 12.2. The molecule has 5 aromatic rings. The molecule has 1 aliphatic rings. The fraction of sp³-hybridized carbons (Fsp3) is 0.206. The average molecular weight is 599 g/mol. The van der Waals surface area contributed by atoms with Crippen molar-refractivity contribution in [2.24, 2.45) is 0 Å². The maximum atomic E-state index is 13.7. The van der Waals surface area contributed by atoms with Crippen LogP contribution in [0.5, 0.6) is 0 Å². The first-order valence-corrected chi connectivity index (χ1v) is 14.2. The molecule has 6 rings (SSSR count). The number of nitrogens with one attached hydrogen (secondary N) is 2. The number of hydrogen-bond acceptors (Lipinski definition) is 4. The molecule has 3 amide bonds. The van der Waals surface area contributed by atoms with Crippen LogP contribution in [-0.4, -0.2) is 40.8 Å². The molecule has 0 unspecified atom stereocenters. The molecule has 0 bridgehead atoms.